The molecule has 4 unspecified atom stereocenters. The summed E-state index contributed by atoms with van der Waals surface area (Å²) in [5.74, 6) is 1.20. The van der Waals surface area contributed by atoms with Gasteiger partial charge in [-0.2, -0.15) is 0 Å². The first-order valence-corrected chi connectivity index (χ1v) is 9.37. The molecule has 1 saturated carbocycles. The first-order chi connectivity index (χ1) is 12.1. The number of aromatic nitrogens is 1. The molecule has 1 aromatic heterocycles. The highest BCUT2D eigenvalue weighted by Crippen LogP contribution is 2.38. The van der Waals surface area contributed by atoms with Crippen molar-refractivity contribution in [2.45, 2.75) is 31.7 Å². The first-order valence-electron chi connectivity index (χ1n) is 9.37. The van der Waals surface area contributed by atoms with Gasteiger partial charge >= 0.3 is 0 Å². The van der Waals surface area contributed by atoms with E-state index in [0.717, 1.165) is 45.3 Å². The van der Waals surface area contributed by atoms with Crippen molar-refractivity contribution < 1.29 is 9.59 Å². The predicted molar refractivity (Wildman–Crippen MR) is 101 cm³/mol. The van der Waals surface area contributed by atoms with E-state index in [-0.39, 0.29) is 36.2 Å². The zero-order valence-electron chi connectivity index (χ0n) is 14.9. The molecule has 2 aliphatic heterocycles. The number of fused-ring (bicyclic) bond motifs is 1. The number of nitrogens with two attached hydrogens (primary N) is 1. The molecule has 1 aliphatic carbocycles. The van der Waals surface area contributed by atoms with Gasteiger partial charge in [-0.25, -0.2) is 0 Å². The van der Waals surface area contributed by atoms with E-state index in [0.29, 0.717) is 23.9 Å². The van der Waals surface area contributed by atoms with E-state index in [4.69, 9.17) is 5.73 Å². The van der Waals surface area contributed by atoms with Crippen molar-refractivity contribution in [3.63, 3.8) is 0 Å². The van der Waals surface area contributed by atoms with Crippen molar-refractivity contribution in [3.8, 4) is 0 Å². The highest BCUT2D eigenvalue weighted by atomic mass is 35.5. The number of nitrogens with zero attached hydrogens (tertiary/aromatic N) is 3. The lowest BCUT2D eigenvalue weighted by Crippen LogP contribution is -2.46. The number of halogens is 1. The second-order valence-electron chi connectivity index (χ2n) is 7.73. The van der Waals surface area contributed by atoms with Crippen LogP contribution in [-0.4, -0.2) is 58.8 Å². The average molecular weight is 379 g/mol. The highest BCUT2D eigenvalue weighted by Gasteiger charge is 2.44. The Labute approximate surface area is 160 Å². The van der Waals surface area contributed by atoms with Crippen LogP contribution < -0.4 is 5.73 Å². The van der Waals surface area contributed by atoms with E-state index in [1.165, 1.54) is 0 Å². The molecule has 4 rings (SSSR count). The Hall–Kier alpha value is -1.66. The van der Waals surface area contributed by atoms with Crippen LogP contribution >= 0.6 is 12.4 Å². The zero-order valence-corrected chi connectivity index (χ0v) is 15.7. The number of rotatable bonds is 2. The van der Waals surface area contributed by atoms with Crippen molar-refractivity contribution in [1.82, 2.24) is 14.8 Å². The highest BCUT2D eigenvalue weighted by molar-refractivity contribution is 5.94. The van der Waals surface area contributed by atoms with E-state index in [9.17, 15) is 9.59 Å². The van der Waals surface area contributed by atoms with Gasteiger partial charge in [0.15, 0.2) is 0 Å². The minimum Gasteiger partial charge on any atom is -0.342 e. The molecule has 0 spiro atoms. The summed E-state index contributed by atoms with van der Waals surface area (Å²) >= 11 is 0. The summed E-state index contributed by atoms with van der Waals surface area (Å²) in [5.41, 5.74) is 6.83. The maximum absolute atomic E-state index is 13.0. The molecular weight excluding hydrogens is 352 g/mol. The monoisotopic (exact) mass is 378 g/mol. The molecule has 0 bridgehead atoms. The molecule has 2 amide bonds. The second kappa shape index (κ2) is 7.92. The van der Waals surface area contributed by atoms with Gasteiger partial charge in [0.1, 0.15) is 0 Å². The SMILES string of the molecule is Cl.NC1CCC2CN(C(=O)C3CCCN(C(=O)c4ccncc4)C3)CC12. The summed E-state index contributed by atoms with van der Waals surface area (Å²) in [6.07, 6.45) is 7.25. The second-order valence-corrected chi connectivity index (χ2v) is 7.73. The smallest absolute Gasteiger partial charge is 0.253 e. The number of likely N-dealkylation sites (tertiary alicyclic amines) is 2. The van der Waals surface area contributed by atoms with Crippen LogP contribution in [0.2, 0.25) is 0 Å². The molecule has 3 fully saturated rings. The Bertz CT molecular complexity index is 656. The lowest BCUT2D eigenvalue weighted by molar-refractivity contribution is -0.136. The zero-order chi connectivity index (χ0) is 17.4. The van der Waals surface area contributed by atoms with Crippen molar-refractivity contribution in [3.05, 3.63) is 30.1 Å². The Morgan fingerprint density at radius 1 is 1.04 bits per heavy atom. The van der Waals surface area contributed by atoms with E-state index in [1.807, 2.05) is 9.80 Å². The van der Waals surface area contributed by atoms with Crippen LogP contribution in [0.3, 0.4) is 0 Å². The molecule has 3 aliphatic rings. The van der Waals surface area contributed by atoms with Gasteiger partial charge in [0, 0.05) is 50.2 Å². The summed E-state index contributed by atoms with van der Waals surface area (Å²) in [4.78, 5) is 33.4. The Morgan fingerprint density at radius 3 is 2.54 bits per heavy atom. The minimum absolute atomic E-state index is 0. The number of piperidine rings is 1. The Balaban J connectivity index is 0.00000196. The summed E-state index contributed by atoms with van der Waals surface area (Å²) in [6.45, 7) is 2.91. The van der Waals surface area contributed by atoms with Gasteiger partial charge in [-0.15, -0.1) is 12.4 Å². The summed E-state index contributed by atoms with van der Waals surface area (Å²) in [6, 6.07) is 3.71. The van der Waals surface area contributed by atoms with Gasteiger partial charge in [-0.05, 0) is 49.7 Å². The number of carbonyl (C=O) groups excluding carboxylic acids is 2. The van der Waals surface area contributed by atoms with Gasteiger partial charge < -0.3 is 15.5 Å². The van der Waals surface area contributed by atoms with Crippen LogP contribution in [-0.2, 0) is 4.79 Å². The van der Waals surface area contributed by atoms with Crippen LogP contribution in [0.1, 0.15) is 36.0 Å². The molecule has 3 heterocycles. The van der Waals surface area contributed by atoms with Crippen LogP contribution in [0.15, 0.2) is 24.5 Å². The van der Waals surface area contributed by atoms with Crippen LogP contribution in [0.5, 0.6) is 0 Å². The van der Waals surface area contributed by atoms with Gasteiger partial charge in [0.25, 0.3) is 5.91 Å². The quantitative estimate of drug-likeness (QED) is 0.846. The van der Waals surface area contributed by atoms with Crippen LogP contribution in [0.4, 0.5) is 0 Å². The Morgan fingerprint density at radius 2 is 1.81 bits per heavy atom. The maximum atomic E-state index is 13.0. The van der Waals surface area contributed by atoms with E-state index < -0.39 is 0 Å². The molecule has 7 heteroatoms. The van der Waals surface area contributed by atoms with E-state index in [1.54, 1.807) is 24.5 Å². The fourth-order valence-corrected chi connectivity index (χ4v) is 4.79. The lowest BCUT2D eigenvalue weighted by Gasteiger charge is -2.34. The normalized spacial score (nSPS) is 30.7. The number of pyridine rings is 1. The third-order valence-electron chi connectivity index (χ3n) is 6.21. The van der Waals surface area contributed by atoms with Crippen molar-refractivity contribution in [2.24, 2.45) is 23.5 Å². The minimum atomic E-state index is -0.0745. The third kappa shape index (κ3) is 3.58. The lowest BCUT2D eigenvalue weighted by atomic mass is 9.96. The number of hydrogen-bond donors (Lipinski definition) is 1. The molecule has 26 heavy (non-hydrogen) atoms. The molecule has 0 radical (unpaired) electrons. The number of amides is 2. The molecule has 1 aromatic rings. The molecule has 0 aromatic carbocycles. The van der Waals surface area contributed by atoms with E-state index in [2.05, 4.69) is 4.98 Å². The molecular formula is C19H27ClN4O2. The summed E-state index contributed by atoms with van der Waals surface area (Å²) < 4.78 is 0. The summed E-state index contributed by atoms with van der Waals surface area (Å²) in [5, 5.41) is 0. The first kappa shape index (κ1) is 19.1. The number of carbonyl (C=O) groups is 2. The average Bonchev–Trinajstić information content (AvgIpc) is 3.23. The van der Waals surface area contributed by atoms with Gasteiger partial charge in [0.2, 0.25) is 5.91 Å². The standard InChI is InChI=1S/C19H26N4O2.ClH/c20-17-4-3-14-10-23(12-16(14)17)19(25)15-2-1-9-22(11-15)18(24)13-5-7-21-8-6-13;/h5-8,14-17H,1-4,9-12,20H2;1H. The Kier molecular flexibility index (Phi) is 5.82. The van der Waals surface area contributed by atoms with E-state index >= 15 is 0 Å². The topological polar surface area (TPSA) is 79.5 Å². The van der Waals surface area contributed by atoms with Crippen LogP contribution in [0.25, 0.3) is 0 Å². The molecule has 4 atom stereocenters. The third-order valence-corrected chi connectivity index (χ3v) is 6.21. The molecule has 142 valence electrons. The van der Waals surface area contributed by atoms with Crippen molar-refractivity contribution in [2.75, 3.05) is 26.2 Å². The van der Waals surface area contributed by atoms with Crippen molar-refractivity contribution >= 4 is 24.2 Å². The molecule has 6 nitrogen and oxygen atoms in total. The largest absolute Gasteiger partial charge is 0.342 e. The fourth-order valence-electron chi connectivity index (χ4n) is 4.79. The number of hydrogen-bond acceptors (Lipinski definition) is 4. The van der Waals surface area contributed by atoms with Crippen LogP contribution in [0, 0.1) is 17.8 Å². The van der Waals surface area contributed by atoms with Gasteiger partial charge in [-0.1, -0.05) is 0 Å². The van der Waals surface area contributed by atoms with Gasteiger partial charge in [0.05, 0.1) is 5.92 Å². The molecule has 2 N–H and O–H groups in total. The van der Waals surface area contributed by atoms with Gasteiger partial charge in [-0.3, -0.25) is 14.6 Å². The van der Waals surface area contributed by atoms with Crippen molar-refractivity contribution in [1.29, 1.82) is 0 Å². The molecule has 2 saturated heterocycles. The fraction of sp³-hybridized carbons (Fsp3) is 0.632. The predicted octanol–water partition coefficient (Wildman–Crippen LogP) is 1.55. The summed E-state index contributed by atoms with van der Waals surface area (Å²) in [7, 11) is 0. The maximum Gasteiger partial charge on any atom is 0.253 e.